The van der Waals surface area contributed by atoms with Crippen LogP contribution >= 0.6 is 0 Å². The molecule has 3 nitrogen and oxygen atoms in total. The number of nitrogens with zero attached hydrogens (tertiary/aromatic N) is 1. The van der Waals surface area contributed by atoms with Crippen LogP contribution in [0.3, 0.4) is 0 Å². The molecule has 1 saturated heterocycles. The van der Waals surface area contributed by atoms with Crippen LogP contribution in [-0.2, 0) is 4.74 Å². The first-order valence-corrected chi connectivity index (χ1v) is 4.86. The maximum absolute atomic E-state index is 13.4. The van der Waals surface area contributed by atoms with E-state index in [2.05, 4.69) is 0 Å². The second-order valence-corrected chi connectivity index (χ2v) is 5.07. The highest BCUT2D eigenvalue weighted by Gasteiger charge is 2.37. The van der Waals surface area contributed by atoms with Crippen LogP contribution in [0.4, 0.5) is 9.18 Å². The number of halogens is 1. The number of alkyl halides is 1. The van der Waals surface area contributed by atoms with Crippen molar-refractivity contribution in [2.45, 2.75) is 45.4 Å². The fourth-order valence-electron chi connectivity index (χ4n) is 1.41. The molecule has 82 valence electrons. The van der Waals surface area contributed by atoms with E-state index in [1.807, 2.05) is 0 Å². The Hall–Kier alpha value is -0.800. The minimum absolute atomic E-state index is 0.141. The van der Waals surface area contributed by atoms with Crippen LogP contribution in [0.25, 0.3) is 0 Å². The van der Waals surface area contributed by atoms with Gasteiger partial charge in [0, 0.05) is 13.0 Å². The number of ether oxygens (including phenoxy) is 1. The molecule has 1 rings (SSSR count). The van der Waals surface area contributed by atoms with E-state index in [-0.39, 0.29) is 6.54 Å². The van der Waals surface area contributed by atoms with Gasteiger partial charge in [0.05, 0.1) is 6.54 Å². The summed E-state index contributed by atoms with van der Waals surface area (Å²) in [6, 6.07) is 0. The van der Waals surface area contributed by atoms with Crippen LogP contribution in [0, 0.1) is 0 Å². The van der Waals surface area contributed by atoms with E-state index in [0.717, 1.165) is 0 Å². The molecule has 1 aliphatic rings. The molecule has 1 atom stereocenters. The zero-order chi connectivity index (χ0) is 11.0. The third-order valence-electron chi connectivity index (χ3n) is 2.08. The minimum atomic E-state index is -1.25. The van der Waals surface area contributed by atoms with Gasteiger partial charge in [0.2, 0.25) is 0 Å². The van der Waals surface area contributed by atoms with Gasteiger partial charge in [-0.3, -0.25) is 0 Å². The lowest BCUT2D eigenvalue weighted by molar-refractivity contribution is 0.0264. The van der Waals surface area contributed by atoms with Crippen molar-refractivity contribution in [1.82, 2.24) is 4.90 Å². The van der Waals surface area contributed by atoms with Crippen LogP contribution in [0.5, 0.6) is 0 Å². The van der Waals surface area contributed by atoms with Crippen molar-refractivity contribution >= 4 is 6.09 Å². The first kappa shape index (κ1) is 11.3. The van der Waals surface area contributed by atoms with E-state index in [4.69, 9.17) is 4.74 Å². The summed E-state index contributed by atoms with van der Waals surface area (Å²) in [5, 5.41) is 0. The highest BCUT2D eigenvalue weighted by atomic mass is 19.1. The number of carbonyl (C=O) groups excluding carboxylic acids is 1. The van der Waals surface area contributed by atoms with Crippen molar-refractivity contribution in [3.63, 3.8) is 0 Å². The summed E-state index contributed by atoms with van der Waals surface area (Å²) in [6.45, 7) is 7.50. The Kier molecular flexibility index (Phi) is 2.74. The Bertz CT molecular complexity index is 233. The summed E-state index contributed by atoms with van der Waals surface area (Å²) in [6.07, 6.45) is -0.0226. The van der Waals surface area contributed by atoms with Gasteiger partial charge >= 0.3 is 6.09 Å². The van der Waals surface area contributed by atoms with Crippen molar-refractivity contribution in [2.75, 3.05) is 13.1 Å². The van der Waals surface area contributed by atoms with E-state index in [0.29, 0.717) is 13.0 Å². The molecule has 0 aliphatic carbocycles. The van der Waals surface area contributed by atoms with E-state index < -0.39 is 17.4 Å². The van der Waals surface area contributed by atoms with E-state index in [9.17, 15) is 9.18 Å². The molecule has 0 aromatic heterocycles. The molecule has 0 aromatic rings. The Balaban J connectivity index is 2.48. The van der Waals surface area contributed by atoms with Crippen molar-refractivity contribution in [1.29, 1.82) is 0 Å². The highest BCUT2D eigenvalue weighted by molar-refractivity contribution is 5.68. The number of likely N-dealkylation sites (tertiary alicyclic amines) is 1. The number of hydrogen-bond donors (Lipinski definition) is 0. The monoisotopic (exact) mass is 203 g/mol. The maximum Gasteiger partial charge on any atom is 0.410 e. The molecule has 1 aliphatic heterocycles. The smallest absolute Gasteiger partial charge is 0.410 e. The summed E-state index contributed by atoms with van der Waals surface area (Å²) < 4.78 is 18.5. The van der Waals surface area contributed by atoms with Gasteiger partial charge in [-0.05, 0) is 27.7 Å². The Morgan fingerprint density at radius 1 is 1.50 bits per heavy atom. The molecular formula is C10H18FNO2. The van der Waals surface area contributed by atoms with Crippen LogP contribution in [0.1, 0.15) is 34.1 Å². The first-order chi connectivity index (χ1) is 6.20. The fraction of sp³-hybridized carbons (Fsp3) is 0.900. The molecule has 0 bridgehead atoms. The van der Waals surface area contributed by atoms with Gasteiger partial charge in [-0.15, -0.1) is 0 Å². The molecular weight excluding hydrogens is 185 g/mol. The summed E-state index contributed by atoms with van der Waals surface area (Å²) >= 11 is 0. The zero-order valence-corrected chi connectivity index (χ0v) is 9.26. The highest BCUT2D eigenvalue weighted by Crippen LogP contribution is 2.25. The van der Waals surface area contributed by atoms with Crippen molar-refractivity contribution < 1.29 is 13.9 Å². The van der Waals surface area contributed by atoms with Crippen LogP contribution in [0.2, 0.25) is 0 Å². The van der Waals surface area contributed by atoms with E-state index in [1.165, 1.54) is 11.8 Å². The summed E-state index contributed by atoms with van der Waals surface area (Å²) in [5.74, 6) is 0. The quantitative estimate of drug-likeness (QED) is 0.605. The molecule has 0 unspecified atom stereocenters. The van der Waals surface area contributed by atoms with Gasteiger partial charge in [0.1, 0.15) is 11.3 Å². The zero-order valence-electron chi connectivity index (χ0n) is 9.26. The first-order valence-electron chi connectivity index (χ1n) is 4.86. The molecule has 1 fully saturated rings. The molecule has 0 saturated carbocycles. The molecule has 0 radical (unpaired) electrons. The van der Waals surface area contributed by atoms with E-state index in [1.54, 1.807) is 20.8 Å². The van der Waals surface area contributed by atoms with Gasteiger partial charge < -0.3 is 9.64 Å². The average molecular weight is 203 g/mol. The van der Waals surface area contributed by atoms with Gasteiger partial charge in [0.15, 0.2) is 0 Å². The second-order valence-electron chi connectivity index (χ2n) is 5.07. The maximum atomic E-state index is 13.4. The molecule has 1 heterocycles. The fourth-order valence-corrected chi connectivity index (χ4v) is 1.41. The van der Waals surface area contributed by atoms with Crippen LogP contribution in [0.15, 0.2) is 0 Å². The lowest BCUT2D eigenvalue weighted by Gasteiger charge is -2.24. The van der Waals surface area contributed by atoms with Gasteiger partial charge in [-0.2, -0.15) is 0 Å². The standard InChI is InChI=1S/C10H18FNO2/c1-9(2,3)14-8(13)12-6-5-10(4,11)7-12/h5-7H2,1-4H3/t10-/m1/s1. The molecule has 0 spiro atoms. The van der Waals surface area contributed by atoms with Gasteiger partial charge in [0.25, 0.3) is 0 Å². The summed E-state index contributed by atoms with van der Waals surface area (Å²) in [5.41, 5.74) is -1.76. The Morgan fingerprint density at radius 2 is 2.07 bits per heavy atom. The van der Waals surface area contributed by atoms with Crippen LogP contribution in [-0.4, -0.2) is 35.4 Å². The third kappa shape index (κ3) is 3.16. The largest absolute Gasteiger partial charge is 0.444 e. The predicted octanol–water partition coefficient (Wildman–Crippen LogP) is 2.36. The lowest BCUT2D eigenvalue weighted by atomic mass is 10.1. The van der Waals surface area contributed by atoms with Crippen molar-refractivity contribution in [3.8, 4) is 0 Å². The molecule has 0 aromatic carbocycles. The summed E-state index contributed by atoms with van der Waals surface area (Å²) in [4.78, 5) is 12.9. The number of hydrogen-bond acceptors (Lipinski definition) is 2. The Labute approximate surface area is 84.2 Å². The normalized spacial score (nSPS) is 27.9. The molecule has 0 N–H and O–H groups in total. The predicted molar refractivity (Wildman–Crippen MR) is 51.9 cm³/mol. The second kappa shape index (κ2) is 3.41. The minimum Gasteiger partial charge on any atom is -0.444 e. The third-order valence-corrected chi connectivity index (χ3v) is 2.08. The van der Waals surface area contributed by atoms with Gasteiger partial charge in [-0.25, -0.2) is 9.18 Å². The van der Waals surface area contributed by atoms with Gasteiger partial charge in [-0.1, -0.05) is 0 Å². The Morgan fingerprint density at radius 3 is 2.43 bits per heavy atom. The van der Waals surface area contributed by atoms with E-state index >= 15 is 0 Å². The van der Waals surface area contributed by atoms with Crippen LogP contribution < -0.4 is 0 Å². The molecule has 14 heavy (non-hydrogen) atoms. The number of rotatable bonds is 0. The molecule has 1 amide bonds. The summed E-state index contributed by atoms with van der Waals surface area (Å²) in [7, 11) is 0. The topological polar surface area (TPSA) is 29.5 Å². The average Bonchev–Trinajstić information content (AvgIpc) is 2.26. The van der Waals surface area contributed by atoms with Crippen molar-refractivity contribution in [2.24, 2.45) is 0 Å². The lowest BCUT2D eigenvalue weighted by Crippen LogP contribution is -2.36. The number of carbonyl (C=O) groups is 1. The SMILES string of the molecule is CC(C)(C)OC(=O)N1CC[C@@](C)(F)C1. The number of amides is 1. The van der Waals surface area contributed by atoms with Crippen molar-refractivity contribution in [3.05, 3.63) is 0 Å². The molecule has 4 heteroatoms.